The van der Waals surface area contributed by atoms with Gasteiger partial charge in [-0.1, -0.05) is 13.8 Å². The van der Waals surface area contributed by atoms with Gasteiger partial charge < -0.3 is 19.7 Å². The average Bonchev–Trinajstić information content (AvgIpc) is 2.85. The summed E-state index contributed by atoms with van der Waals surface area (Å²) in [4.78, 5) is 11.5. The minimum Gasteiger partial charge on any atom is -0.462 e. The molecule has 0 radical (unpaired) electrons. The summed E-state index contributed by atoms with van der Waals surface area (Å²) in [7, 11) is 0. The minimum absolute atomic E-state index is 0.0317. The number of aliphatic hydroxyl groups excluding tert-OH is 2. The van der Waals surface area contributed by atoms with Crippen LogP contribution in [0.2, 0.25) is 0 Å². The van der Waals surface area contributed by atoms with E-state index >= 15 is 0 Å². The molecule has 5 nitrogen and oxygen atoms in total. The SMILES string of the molecule is CC(=O)O[C@H]1CCC2C3C(O)CC4C[C@@H](O)CC[C@]4(C)C3OC[C@@]21C. The number of carbonyl (C=O) groups is 1. The third-order valence-electron chi connectivity index (χ3n) is 8.14. The number of hydrogen-bond donors (Lipinski definition) is 2. The van der Waals surface area contributed by atoms with Crippen LogP contribution in [0.4, 0.5) is 0 Å². The van der Waals surface area contributed by atoms with E-state index in [2.05, 4.69) is 13.8 Å². The van der Waals surface area contributed by atoms with Crippen LogP contribution in [0.15, 0.2) is 0 Å². The first kappa shape index (κ1) is 17.7. The molecule has 4 fully saturated rings. The molecule has 0 spiro atoms. The molecule has 1 heterocycles. The van der Waals surface area contributed by atoms with E-state index in [0.717, 1.165) is 38.5 Å². The molecule has 3 aliphatic carbocycles. The zero-order chi connectivity index (χ0) is 18.0. The van der Waals surface area contributed by atoms with E-state index in [-0.39, 0.29) is 41.0 Å². The van der Waals surface area contributed by atoms with Crippen molar-refractivity contribution in [3.05, 3.63) is 0 Å². The average molecular weight is 352 g/mol. The van der Waals surface area contributed by atoms with Crippen molar-refractivity contribution in [2.75, 3.05) is 6.61 Å². The second-order valence-electron chi connectivity index (χ2n) is 9.53. The second-order valence-corrected chi connectivity index (χ2v) is 9.53. The summed E-state index contributed by atoms with van der Waals surface area (Å²) in [6.07, 6.45) is 4.46. The van der Waals surface area contributed by atoms with Crippen LogP contribution in [0.25, 0.3) is 0 Å². The van der Waals surface area contributed by atoms with E-state index in [1.54, 1.807) is 0 Å². The van der Waals surface area contributed by atoms with Crippen molar-refractivity contribution >= 4 is 5.97 Å². The van der Waals surface area contributed by atoms with Gasteiger partial charge in [-0.2, -0.15) is 0 Å². The summed E-state index contributed by atoms with van der Waals surface area (Å²) in [5.74, 6) is 0.528. The summed E-state index contributed by atoms with van der Waals surface area (Å²) in [5, 5.41) is 21.1. The fourth-order valence-corrected chi connectivity index (χ4v) is 6.73. The first-order chi connectivity index (χ1) is 11.8. The van der Waals surface area contributed by atoms with Gasteiger partial charge >= 0.3 is 5.97 Å². The van der Waals surface area contributed by atoms with Gasteiger partial charge in [0, 0.05) is 18.3 Å². The van der Waals surface area contributed by atoms with E-state index in [4.69, 9.17) is 9.47 Å². The third-order valence-corrected chi connectivity index (χ3v) is 8.14. The highest BCUT2D eigenvalue weighted by Gasteiger charge is 2.64. The van der Waals surface area contributed by atoms with Crippen molar-refractivity contribution in [1.82, 2.24) is 0 Å². The Balaban J connectivity index is 1.62. The highest BCUT2D eigenvalue weighted by atomic mass is 16.5. The van der Waals surface area contributed by atoms with Crippen molar-refractivity contribution in [3.63, 3.8) is 0 Å². The molecular weight excluding hydrogens is 320 g/mol. The summed E-state index contributed by atoms with van der Waals surface area (Å²) in [5.41, 5.74) is -0.171. The molecule has 5 unspecified atom stereocenters. The van der Waals surface area contributed by atoms with Crippen LogP contribution in [-0.2, 0) is 14.3 Å². The molecule has 4 aliphatic rings. The number of aliphatic hydroxyl groups is 2. The van der Waals surface area contributed by atoms with E-state index in [1.165, 1.54) is 6.92 Å². The molecule has 1 aliphatic heterocycles. The van der Waals surface area contributed by atoms with Gasteiger partial charge in [-0.15, -0.1) is 0 Å². The normalized spacial score (nSPS) is 55.0. The van der Waals surface area contributed by atoms with E-state index in [1.807, 2.05) is 0 Å². The molecule has 0 aromatic heterocycles. The molecular formula is C20H32O5. The Bertz CT molecular complexity index is 550. The maximum absolute atomic E-state index is 11.5. The maximum Gasteiger partial charge on any atom is 0.302 e. The fraction of sp³-hybridized carbons (Fsp3) is 0.950. The predicted molar refractivity (Wildman–Crippen MR) is 91.7 cm³/mol. The molecule has 3 saturated carbocycles. The monoisotopic (exact) mass is 352 g/mol. The van der Waals surface area contributed by atoms with E-state index in [9.17, 15) is 15.0 Å². The van der Waals surface area contributed by atoms with Crippen LogP contribution in [0.5, 0.6) is 0 Å². The number of fused-ring (bicyclic) bond motifs is 5. The zero-order valence-electron chi connectivity index (χ0n) is 15.6. The molecule has 142 valence electrons. The molecule has 9 atom stereocenters. The standard InChI is InChI=1S/C20H32O5/c1-11(21)25-16-5-4-14-17-15(23)9-12-8-13(22)6-7-19(12,2)18(17)24-10-20(14,16)3/h12-18,22-23H,4-10H2,1-3H3/t12?,13-,14?,15?,16-,17?,18?,19-,20-/m0/s1. The van der Waals surface area contributed by atoms with Crippen LogP contribution < -0.4 is 0 Å². The number of rotatable bonds is 1. The highest BCUT2D eigenvalue weighted by Crippen LogP contribution is 2.62. The van der Waals surface area contributed by atoms with Crippen molar-refractivity contribution in [1.29, 1.82) is 0 Å². The number of esters is 1. The Morgan fingerprint density at radius 2 is 1.88 bits per heavy atom. The zero-order valence-corrected chi connectivity index (χ0v) is 15.6. The summed E-state index contributed by atoms with van der Waals surface area (Å²) >= 11 is 0. The molecule has 25 heavy (non-hydrogen) atoms. The molecule has 0 bridgehead atoms. The largest absolute Gasteiger partial charge is 0.462 e. The first-order valence-corrected chi connectivity index (χ1v) is 9.90. The first-order valence-electron chi connectivity index (χ1n) is 9.90. The van der Waals surface area contributed by atoms with Crippen molar-refractivity contribution in [2.24, 2.45) is 28.6 Å². The van der Waals surface area contributed by atoms with Crippen LogP contribution in [0.3, 0.4) is 0 Å². The summed E-state index contributed by atoms with van der Waals surface area (Å²) in [6, 6.07) is 0. The number of carbonyl (C=O) groups excluding carboxylic acids is 1. The van der Waals surface area contributed by atoms with Crippen LogP contribution in [0, 0.1) is 28.6 Å². The highest BCUT2D eigenvalue weighted by molar-refractivity contribution is 5.66. The van der Waals surface area contributed by atoms with Crippen LogP contribution in [0.1, 0.15) is 59.3 Å². The number of hydrogen-bond acceptors (Lipinski definition) is 5. The van der Waals surface area contributed by atoms with Gasteiger partial charge in [-0.05, 0) is 55.8 Å². The summed E-state index contributed by atoms with van der Waals surface area (Å²) in [6.45, 7) is 6.53. The van der Waals surface area contributed by atoms with Gasteiger partial charge in [0.2, 0.25) is 0 Å². The molecule has 4 rings (SSSR count). The number of ether oxygens (including phenoxy) is 2. The van der Waals surface area contributed by atoms with Gasteiger partial charge in [0.15, 0.2) is 0 Å². The minimum atomic E-state index is -0.394. The Morgan fingerprint density at radius 1 is 1.12 bits per heavy atom. The van der Waals surface area contributed by atoms with Crippen molar-refractivity contribution < 1.29 is 24.5 Å². The molecule has 2 N–H and O–H groups in total. The molecule has 0 amide bonds. The lowest BCUT2D eigenvalue weighted by Gasteiger charge is -2.61. The van der Waals surface area contributed by atoms with Gasteiger partial charge in [-0.3, -0.25) is 4.79 Å². The maximum atomic E-state index is 11.5. The molecule has 1 saturated heterocycles. The Morgan fingerprint density at radius 3 is 2.60 bits per heavy atom. The lowest BCUT2D eigenvalue weighted by Crippen LogP contribution is -2.64. The van der Waals surface area contributed by atoms with Crippen molar-refractivity contribution in [2.45, 2.75) is 83.7 Å². The van der Waals surface area contributed by atoms with Gasteiger partial charge in [0.25, 0.3) is 0 Å². The molecule has 5 heteroatoms. The van der Waals surface area contributed by atoms with Gasteiger partial charge in [-0.25, -0.2) is 0 Å². The van der Waals surface area contributed by atoms with Gasteiger partial charge in [0.1, 0.15) is 6.10 Å². The lowest BCUT2D eigenvalue weighted by atomic mass is 9.50. The van der Waals surface area contributed by atoms with E-state index in [0.29, 0.717) is 18.4 Å². The Labute approximate surface area is 150 Å². The quantitative estimate of drug-likeness (QED) is 0.708. The summed E-state index contributed by atoms with van der Waals surface area (Å²) < 4.78 is 12.1. The Hall–Kier alpha value is -0.650. The molecule has 0 aromatic carbocycles. The van der Waals surface area contributed by atoms with Crippen molar-refractivity contribution in [3.8, 4) is 0 Å². The smallest absolute Gasteiger partial charge is 0.302 e. The van der Waals surface area contributed by atoms with Gasteiger partial charge in [0.05, 0.1) is 24.9 Å². The van der Waals surface area contributed by atoms with Crippen LogP contribution in [-0.4, -0.2) is 47.2 Å². The lowest BCUT2D eigenvalue weighted by molar-refractivity contribution is -0.253. The third kappa shape index (κ3) is 2.57. The topological polar surface area (TPSA) is 76.0 Å². The Kier molecular flexibility index (Phi) is 4.21. The second kappa shape index (κ2) is 5.93. The van der Waals surface area contributed by atoms with E-state index < -0.39 is 6.10 Å². The predicted octanol–water partition coefficient (Wildman–Crippen LogP) is 2.28. The van der Waals surface area contributed by atoms with Crippen LogP contribution >= 0.6 is 0 Å². The fourth-order valence-electron chi connectivity index (χ4n) is 6.73. The molecule has 0 aromatic rings.